The van der Waals surface area contributed by atoms with E-state index in [0.717, 1.165) is 59.7 Å². The van der Waals surface area contributed by atoms with E-state index >= 15 is 0 Å². The van der Waals surface area contributed by atoms with Gasteiger partial charge in [0.1, 0.15) is 36.3 Å². The van der Waals surface area contributed by atoms with Crippen LogP contribution in [-0.2, 0) is 52.8 Å². The molecule has 11 N–H and O–H groups in total. The molecule has 1 heterocycles. The molecule has 0 bridgehead atoms. The lowest BCUT2D eigenvalue weighted by atomic mass is 9.84. The monoisotopic (exact) mass is 877 g/mol. The smallest absolute Gasteiger partial charge is 0.243 e. The summed E-state index contributed by atoms with van der Waals surface area (Å²) in [6, 6.07) is 19.3. The maximum absolute atomic E-state index is 14.5. The molecule has 1 aromatic heterocycles. The third-order valence-electron chi connectivity index (χ3n) is 11.7. The summed E-state index contributed by atoms with van der Waals surface area (Å²) in [5.41, 5.74) is 14.7. The Balaban J connectivity index is 1.32. The van der Waals surface area contributed by atoms with E-state index in [-0.39, 0.29) is 38.1 Å². The van der Waals surface area contributed by atoms with Gasteiger partial charge in [-0.15, -0.1) is 0 Å². The lowest BCUT2D eigenvalue weighted by Crippen LogP contribution is -2.59. The third kappa shape index (κ3) is 14.8. The quantitative estimate of drug-likeness (QED) is 0.0533. The Morgan fingerprint density at radius 2 is 1.12 bits per heavy atom. The molecule has 16 nitrogen and oxygen atoms in total. The molecule has 1 aliphatic rings. The van der Waals surface area contributed by atoms with Gasteiger partial charge in [0, 0.05) is 43.3 Å². The average Bonchev–Trinajstić information content (AvgIpc) is 3.69. The molecular weight excluding hydrogens is 815 g/mol. The van der Waals surface area contributed by atoms with E-state index in [1.807, 2.05) is 84.9 Å². The minimum absolute atomic E-state index is 0.0546. The minimum atomic E-state index is -1.18. The normalized spacial score (nSPS) is 15.6. The molecule has 16 heteroatoms. The number of aromatic nitrogens is 1. The average molecular weight is 878 g/mol. The molecule has 1 aliphatic carbocycles. The maximum atomic E-state index is 14.5. The fraction of sp³-hybridized carbons (Fsp3) is 0.438. The van der Waals surface area contributed by atoms with Crippen LogP contribution in [-0.4, -0.2) is 89.1 Å². The Kier molecular flexibility index (Phi) is 18.4. The van der Waals surface area contributed by atoms with Crippen molar-refractivity contribution in [3.63, 3.8) is 0 Å². The number of rotatable bonds is 23. The number of hydrogen-bond donors (Lipinski definition) is 9. The molecule has 0 aliphatic heterocycles. The summed E-state index contributed by atoms with van der Waals surface area (Å²) < 4.78 is 0. The molecule has 0 radical (unpaired) electrons. The van der Waals surface area contributed by atoms with Gasteiger partial charge >= 0.3 is 0 Å². The number of benzene rings is 3. The second-order valence-corrected chi connectivity index (χ2v) is 16.7. The highest BCUT2D eigenvalue weighted by Gasteiger charge is 2.34. The number of amides is 7. The molecule has 4 aromatic rings. The summed E-state index contributed by atoms with van der Waals surface area (Å²) in [5.74, 6) is -4.15. The fourth-order valence-electron chi connectivity index (χ4n) is 8.18. The first kappa shape index (κ1) is 48.5. The SMILES string of the molecule is CC(=O)N[C@@H](Cc1ccccc1)C(=O)N[C@@H](CCCN)C(=O)N[C@@H](C)C(=O)N[C@@H](CC1CCCCC1)C(=O)N[C@@H](Cc1c[nH]c2ccccc12)C(=O)N[C@@H](Cc1ccccc1)C(N)=O. The van der Waals surface area contributed by atoms with Crippen molar-refractivity contribution in [1.29, 1.82) is 0 Å². The van der Waals surface area contributed by atoms with Crippen molar-refractivity contribution in [1.82, 2.24) is 36.9 Å². The molecule has 0 saturated heterocycles. The van der Waals surface area contributed by atoms with Gasteiger partial charge in [0.2, 0.25) is 41.4 Å². The van der Waals surface area contributed by atoms with Crippen LogP contribution in [0.3, 0.4) is 0 Å². The van der Waals surface area contributed by atoms with E-state index in [1.54, 1.807) is 6.20 Å². The highest BCUT2D eigenvalue weighted by Crippen LogP contribution is 2.28. The van der Waals surface area contributed by atoms with Crippen molar-refractivity contribution in [2.75, 3.05) is 6.54 Å². The standard InChI is InChI=1S/C48H63N9O7/c1-30(52-45(61)38(23-14-24-49)54-46(62)40(53-31(2)58)26-33-17-8-4-9-18-33)44(60)56-41(27-34-19-10-5-11-20-34)47(63)57-42(28-35-29-51-37-22-13-12-21-36(35)37)48(64)55-39(43(50)59)25-32-15-6-3-7-16-32/h3-4,6-9,12-13,15-18,21-22,29-30,34,38-42,51H,5,10-11,14,19-20,23-28,49H2,1-2H3,(H2,50,59)(H,52,61)(H,53,58)(H,54,62)(H,55,64)(H,56,60)(H,57,63)/t30-,38-,39-,40-,41-,42-/m0/s1. The summed E-state index contributed by atoms with van der Waals surface area (Å²) in [7, 11) is 0. The molecule has 7 amide bonds. The Morgan fingerprint density at radius 3 is 1.73 bits per heavy atom. The molecule has 0 unspecified atom stereocenters. The highest BCUT2D eigenvalue weighted by atomic mass is 16.2. The molecule has 0 spiro atoms. The summed E-state index contributed by atoms with van der Waals surface area (Å²) in [6.45, 7) is 3.02. The zero-order chi connectivity index (χ0) is 46.0. The van der Waals surface area contributed by atoms with Crippen LogP contribution in [0.25, 0.3) is 10.9 Å². The van der Waals surface area contributed by atoms with Crippen LogP contribution in [0.15, 0.2) is 91.1 Å². The van der Waals surface area contributed by atoms with Crippen LogP contribution in [0, 0.1) is 5.92 Å². The topological polar surface area (TPSA) is 260 Å². The van der Waals surface area contributed by atoms with Crippen molar-refractivity contribution >= 4 is 52.3 Å². The van der Waals surface area contributed by atoms with Crippen molar-refractivity contribution in [3.05, 3.63) is 108 Å². The van der Waals surface area contributed by atoms with Gasteiger partial charge in [0.15, 0.2) is 0 Å². The number of carbonyl (C=O) groups excluding carboxylic acids is 7. The molecule has 342 valence electrons. The van der Waals surface area contributed by atoms with E-state index in [9.17, 15) is 33.6 Å². The summed E-state index contributed by atoms with van der Waals surface area (Å²) in [6.07, 6.45) is 7.72. The third-order valence-corrected chi connectivity index (χ3v) is 11.7. The minimum Gasteiger partial charge on any atom is -0.368 e. The predicted molar refractivity (Wildman–Crippen MR) is 244 cm³/mol. The number of aromatic amines is 1. The molecular formula is C48H63N9O7. The van der Waals surface area contributed by atoms with Gasteiger partial charge in [-0.3, -0.25) is 33.6 Å². The molecule has 1 saturated carbocycles. The Morgan fingerprint density at radius 1 is 0.609 bits per heavy atom. The zero-order valence-corrected chi connectivity index (χ0v) is 36.7. The first-order chi connectivity index (χ1) is 30.8. The maximum Gasteiger partial charge on any atom is 0.243 e. The Labute approximate surface area is 374 Å². The number of nitrogens with two attached hydrogens (primary N) is 2. The van der Waals surface area contributed by atoms with Gasteiger partial charge in [-0.2, -0.15) is 0 Å². The van der Waals surface area contributed by atoms with Gasteiger partial charge in [0.05, 0.1) is 0 Å². The largest absolute Gasteiger partial charge is 0.368 e. The first-order valence-corrected chi connectivity index (χ1v) is 22.2. The van der Waals surface area contributed by atoms with Gasteiger partial charge < -0.3 is 48.4 Å². The van der Waals surface area contributed by atoms with Crippen LogP contribution in [0.4, 0.5) is 0 Å². The summed E-state index contributed by atoms with van der Waals surface area (Å²) >= 11 is 0. The van der Waals surface area contributed by atoms with Crippen molar-refractivity contribution in [2.45, 2.75) is 121 Å². The molecule has 6 atom stereocenters. The van der Waals surface area contributed by atoms with Crippen LogP contribution in [0.5, 0.6) is 0 Å². The van der Waals surface area contributed by atoms with Crippen LogP contribution >= 0.6 is 0 Å². The van der Waals surface area contributed by atoms with Crippen molar-refractivity contribution in [2.24, 2.45) is 17.4 Å². The van der Waals surface area contributed by atoms with Gasteiger partial charge in [0.25, 0.3) is 0 Å². The van der Waals surface area contributed by atoms with Crippen molar-refractivity contribution in [3.8, 4) is 0 Å². The van der Waals surface area contributed by atoms with Crippen molar-refractivity contribution < 1.29 is 33.6 Å². The number of primary amides is 1. The van der Waals surface area contributed by atoms with Gasteiger partial charge in [-0.1, -0.05) is 111 Å². The number of hydrogen-bond acceptors (Lipinski definition) is 8. The van der Waals surface area contributed by atoms with E-state index in [0.29, 0.717) is 12.8 Å². The number of fused-ring (bicyclic) bond motifs is 1. The number of para-hydroxylation sites is 1. The first-order valence-electron chi connectivity index (χ1n) is 22.2. The van der Waals surface area contributed by atoms with Gasteiger partial charge in [-0.05, 0) is 61.4 Å². The zero-order valence-electron chi connectivity index (χ0n) is 36.7. The van der Waals surface area contributed by atoms with E-state index in [4.69, 9.17) is 11.5 Å². The van der Waals surface area contributed by atoms with Crippen LogP contribution in [0.2, 0.25) is 0 Å². The van der Waals surface area contributed by atoms with E-state index < -0.39 is 77.6 Å². The van der Waals surface area contributed by atoms with Crippen LogP contribution in [0.1, 0.15) is 81.9 Å². The fourth-order valence-corrected chi connectivity index (χ4v) is 8.18. The molecule has 1 fully saturated rings. The van der Waals surface area contributed by atoms with Gasteiger partial charge in [-0.25, -0.2) is 0 Å². The predicted octanol–water partition coefficient (Wildman–Crippen LogP) is 2.34. The highest BCUT2D eigenvalue weighted by molar-refractivity contribution is 5.97. The second-order valence-electron chi connectivity index (χ2n) is 16.7. The molecule has 64 heavy (non-hydrogen) atoms. The van der Waals surface area contributed by atoms with E-state index in [1.165, 1.54) is 13.8 Å². The number of H-pyrrole nitrogens is 1. The lowest BCUT2D eigenvalue weighted by molar-refractivity contribution is -0.135. The summed E-state index contributed by atoms with van der Waals surface area (Å²) in [5, 5.41) is 17.5. The number of carbonyl (C=O) groups is 7. The molecule has 5 rings (SSSR count). The molecule has 3 aromatic carbocycles. The number of nitrogens with one attached hydrogen (secondary N) is 7. The Hall–Kier alpha value is -6.55. The van der Waals surface area contributed by atoms with Crippen LogP contribution < -0.4 is 43.4 Å². The van der Waals surface area contributed by atoms with E-state index in [2.05, 4.69) is 36.9 Å². The summed E-state index contributed by atoms with van der Waals surface area (Å²) in [4.78, 5) is 97.8. The second kappa shape index (κ2) is 24.3. The Bertz CT molecular complexity index is 2190. The lowest BCUT2D eigenvalue weighted by Gasteiger charge is -2.29.